The second-order valence-corrected chi connectivity index (χ2v) is 12.3. The quantitative estimate of drug-likeness (QED) is 0.392. The molecule has 25 heavy (non-hydrogen) atoms. The van der Waals surface area contributed by atoms with Gasteiger partial charge in [-0.2, -0.15) is 0 Å². The monoisotopic (exact) mass is 362 g/mol. The van der Waals surface area contributed by atoms with Crippen molar-refractivity contribution in [2.75, 3.05) is 13.7 Å². The maximum absolute atomic E-state index is 12.0. The van der Waals surface area contributed by atoms with Crippen molar-refractivity contribution in [3.05, 3.63) is 41.5 Å². The minimum absolute atomic E-state index is 0.193. The summed E-state index contributed by atoms with van der Waals surface area (Å²) in [6.45, 7) is 9.41. The molecule has 0 bridgehead atoms. The molecule has 1 aliphatic carbocycles. The summed E-state index contributed by atoms with van der Waals surface area (Å²) < 4.78 is 17.4. The van der Waals surface area contributed by atoms with Gasteiger partial charge in [0, 0.05) is 0 Å². The van der Waals surface area contributed by atoms with E-state index in [1.165, 1.54) is 5.57 Å². The third-order valence-corrected chi connectivity index (χ3v) is 5.46. The molecular weight excluding hydrogens is 332 g/mol. The second kappa shape index (κ2) is 8.30. The van der Waals surface area contributed by atoms with Gasteiger partial charge in [0.1, 0.15) is 12.0 Å². The lowest BCUT2D eigenvalue weighted by atomic mass is 9.74. The number of allylic oxidation sites excluding steroid dienone is 1. The molecule has 0 saturated carbocycles. The number of hydrogen-bond acceptors (Lipinski definition) is 4. The number of methoxy groups -OCH3 is 1. The zero-order chi connectivity index (χ0) is 18.5. The van der Waals surface area contributed by atoms with Gasteiger partial charge >= 0.3 is 0 Å². The summed E-state index contributed by atoms with van der Waals surface area (Å²) in [5, 5.41) is 0. The Bertz CT molecular complexity index is 603. The molecular formula is C20H30O4Si. The Morgan fingerprint density at radius 1 is 1.24 bits per heavy atom. The van der Waals surface area contributed by atoms with Crippen LogP contribution in [0.2, 0.25) is 19.6 Å². The fourth-order valence-corrected chi connectivity index (χ4v) is 4.07. The summed E-state index contributed by atoms with van der Waals surface area (Å²) in [6, 6.07) is 7.79. The van der Waals surface area contributed by atoms with Gasteiger partial charge in [-0.1, -0.05) is 23.8 Å². The molecule has 0 radical (unpaired) electrons. The van der Waals surface area contributed by atoms with Crippen LogP contribution >= 0.6 is 0 Å². The Balaban J connectivity index is 2.05. The van der Waals surface area contributed by atoms with E-state index in [9.17, 15) is 4.79 Å². The first kappa shape index (κ1) is 19.9. The van der Waals surface area contributed by atoms with E-state index in [1.807, 2.05) is 24.3 Å². The van der Waals surface area contributed by atoms with E-state index < -0.39 is 13.7 Å². The zero-order valence-corrected chi connectivity index (χ0v) is 17.0. The van der Waals surface area contributed by atoms with Crippen molar-refractivity contribution >= 4 is 14.6 Å². The molecule has 0 saturated heterocycles. The predicted molar refractivity (Wildman–Crippen MR) is 102 cm³/mol. The molecule has 1 aliphatic rings. The molecule has 0 spiro atoms. The molecule has 0 amide bonds. The first-order chi connectivity index (χ1) is 11.8. The molecule has 1 aromatic carbocycles. The Kier molecular flexibility index (Phi) is 6.60. The highest BCUT2D eigenvalue weighted by Gasteiger charge is 2.42. The summed E-state index contributed by atoms with van der Waals surface area (Å²) in [5.74, 6) is 0.824. The lowest BCUT2D eigenvalue weighted by Crippen LogP contribution is -2.48. The van der Waals surface area contributed by atoms with E-state index in [2.05, 4.69) is 32.6 Å². The highest BCUT2D eigenvalue weighted by molar-refractivity contribution is 6.69. The molecule has 4 nitrogen and oxygen atoms in total. The van der Waals surface area contributed by atoms with E-state index in [-0.39, 0.29) is 6.10 Å². The van der Waals surface area contributed by atoms with E-state index >= 15 is 0 Å². The average Bonchev–Trinajstić information content (AvgIpc) is 2.56. The van der Waals surface area contributed by atoms with Gasteiger partial charge in [0.2, 0.25) is 0 Å². The maximum atomic E-state index is 12.0. The number of rotatable bonds is 8. The van der Waals surface area contributed by atoms with Crippen LogP contribution in [-0.4, -0.2) is 34.4 Å². The molecule has 1 aromatic rings. The third-order valence-electron chi connectivity index (χ3n) is 4.50. The lowest BCUT2D eigenvalue weighted by molar-refractivity contribution is -0.127. The average molecular weight is 363 g/mol. The summed E-state index contributed by atoms with van der Waals surface area (Å²) in [5.41, 5.74) is 1.76. The van der Waals surface area contributed by atoms with Gasteiger partial charge in [0.15, 0.2) is 8.32 Å². The Morgan fingerprint density at radius 3 is 2.48 bits per heavy atom. The maximum Gasteiger partial charge on any atom is 0.184 e. The lowest BCUT2D eigenvalue weighted by Gasteiger charge is -2.41. The normalized spacial score (nSPS) is 23.9. The number of carbonyl (C=O) groups excluding carboxylic acids is 1. The van der Waals surface area contributed by atoms with Crippen LogP contribution in [0.3, 0.4) is 0 Å². The van der Waals surface area contributed by atoms with Gasteiger partial charge in [0.05, 0.1) is 31.8 Å². The van der Waals surface area contributed by atoms with Crippen LogP contribution in [0.5, 0.6) is 5.75 Å². The molecule has 0 heterocycles. The van der Waals surface area contributed by atoms with Gasteiger partial charge < -0.3 is 18.7 Å². The van der Waals surface area contributed by atoms with Gasteiger partial charge in [-0.25, -0.2) is 0 Å². The van der Waals surface area contributed by atoms with E-state index in [4.69, 9.17) is 13.9 Å². The minimum Gasteiger partial charge on any atom is -0.497 e. The highest BCUT2D eigenvalue weighted by atomic mass is 28.4. The second-order valence-electron chi connectivity index (χ2n) is 7.86. The summed E-state index contributed by atoms with van der Waals surface area (Å²) >= 11 is 0. The van der Waals surface area contributed by atoms with Crippen LogP contribution in [0.25, 0.3) is 0 Å². The van der Waals surface area contributed by atoms with Crippen molar-refractivity contribution in [1.29, 1.82) is 0 Å². The Hall–Kier alpha value is -1.43. The van der Waals surface area contributed by atoms with Crippen LogP contribution in [-0.2, 0) is 20.6 Å². The molecule has 138 valence electrons. The van der Waals surface area contributed by atoms with Crippen molar-refractivity contribution in [3.8, 4) is 5.75 Å². The number of benzene rings is 1. The molecule has 2 atom stereocenters. The summed E-state index contributed by atoms with van der Waals surface area (Å²) in [6.07, 6.45) is 4.66. The van der Waals surface area contributed by atoms with Crippen LogP contribution in [0, 0.1) is 5.41 Å². The molecule has 2 rings (SSSR count). The van der Waals surface area contributed by atoms with Gasteiger partial charge in [-0.15, -0.1) is 0 Å². The van der Waals surface area contributed by atoms with Crippen molar-refractivity contribution in [1.82, 2.24) is 0 Å². The molecule has 0 N–H and O–H groups in total. The standard InChI is InChI=1S/C20H30O4Si/c1-16-10-11-20(14-21,19(12-16)24-25(3,4)5)15-23-13-17-6-8-18(22-2)9-7-17/h6-9,12,14,19H,10-11,13,15H2,1-5H3/t19-,20-/m0/s1. The van der Waals surface area contributed by atoms with Crippen LogP contribution in [0.1, 0.15) is 25.3 Å². The van der Waals surface area contributed by atoms with E-state index in [0.29, 0.717) is 13.2 Å². The van der Waals surface area contributed by atoms with Crippen molar-refractivity contribution in [3.63, 3.8) is 0 Å². The fraction of sp³-hybridized carbons (Fsp3) is 0.550. The van der Waals surface area contributed by atoms with Crippen LogP contribution in [0.4, 0.5) is 0 Å². The number of aldehydes is 1. The predicted octanol–water partition coefficient (Wildman–Crippen LogP) is 4.36. The topological polar surface area (TPSA) is 44.8 Å². The van der Waals surface area contributed by atoms with E-state index in [1.54, 1.807) is 7.11 Å². The third kappa shape index (κ3) is 5.52. The number of hydrogen-bond donors (Lipinski definition) is 0. The zero-order valence-electron chi connectivity index (χ0n) is 16.0. The van der Waals surface area contributed by atoms with Crippen molar-refractivity contribution in [2.45, 2.75) is 52.1 Å². The highest BCUT2D eigenvalue weighted by Crippen LogP contribution is 2.37. The van der Waals surface area contributed by atoms with E-state index in [0.717, 1.165) is 30.4 Å². The minimum atomic E-state index is -1.77. The number of ether oxygens (including phenoxy) is 2. The molecule has 0 unspecified atom stereocenters. The van der Waals surface area contributed by atoms with Gasteiger partial charge in [-0.3, -0.25) is 0 Å². The van der Waals surface area contributed by atoms with Crippen LogP contribution in [0.15, 0.2) is 35.9 Å². The summed E-state index contributed by atoms with van der Waals surface area (Å²) in [4.78, 5) is 12.0. The Morgan fingerprint density at radius 2 is 1.92 bits per heavy atom. The first-order valence-electron chi connectivity index (χ1n) is 8.80. The SMILES string of the molecule is COc1ccc(COC[C@@]2(C=O)CCC(C)=C[C@@H]2O[Si](C)(C)C)cc1. The van der Waals surface area contributed by atoms with Gasteiger partial charge in [0.25, 0.3) is 0 Å². The molecule has 0 aromatic heterocycles. The molecule has 0 aliphatic heterocycles. The number of carbonyl (C=O) groups is 1. The molecule has 5 heteroatoms. The van der Waals surface area contributed by atoms with Crippen LogP contribution < -0.4 is 4.74 Å². The smallest absolute Gasteiger partial charge is 0.184 e. The van der Waals surface area contributed by atoms with Crippen molar-refractivity contribution in [2.24, 2.45) is 5.41 Å². The fourth-order valence-electron chi connectivity index (χ4n) is 3.01. The Labute approximate surface area is 152 Å². The summed E-state index contributed by atoms with van der Waals surface area (Å²) in [7, 11) is -0.117. The largest absolute Gasteiger partial charge is 0.497 e. The van der Waals surface area contributed by atoms with Crippen molar-refractivity contribution < 1.29 is 18.7 Å². The van der Waals surface area contributed by atoms with Gasteiger partial charge in [-0.05, 0) is 57.1 Å². The first-order valence-corrected chi connectivity index (χ1v) is 12.2. The molecule has 0 fully saturated rings.